The van der Waals surface area contributed by atoms with Gasteiger partial charge in [0.05, 0.1) is 13.2 Å². The van der Waals surface area contributed by atoms with Gasteiger partial charge in [0, 0.05) is 37.3 Å². The van der Waals surface area contributed by atoms with Crippen LogP contribution in [0.4, 0.5) is 8.78 Å². The summed E-state index contributed by atoms with van der Waals surface area (Å²) < 4.78 is 32.4. The summed E-state index contributed by atoms with van der Waals surface area (Å²) >= 11 is 0. The molecule has 1 N–H and O–H groups in total. The number of ether oxygens (including phenoxy) is 1. The zero-order valence-electron chi connectivity index (χ0n) is 12.0. The molecule has 0 amide bonds. The monoisotopic (exact) mass is 284 g/mol. The lowest BCUT2D eigenvalue weighted by atomic mass is 10.1. The minimum absolute atomic E-state index is 0.189. The van der Waals surface area contributed by atoms with E-state index < -0.39 is 5.82 Å². The van der Waals surface area contributed by atoms with E-state index in [0.29, 0.717) is 31.4 Å². The molecule has 2 rings (SSSR count). The molecule has 0 saturated carbocycles. The summed E-state index contributed by atoms with van der Waals surface area (Å²) in [6.07, 6.45) is 0. The van der Waals surface area contributed by atoms with Gasteiger partial charge in [0.25, 0.3) is 0 Å². The van der Waals surface area contributed by atoms with Gasteiger partial charge in [-0.25, -0.2) is 8.78 Å². The van der Waals surface area contributed by atoms with E-state index in [9.17, 15) is 8.78 Å². The molecule has 3 nitrogen and oxygen atoms in total. The lowest BCUT2D eigenvalue weighted by Gasteiger charge is -2.36. The van der Waals surface area contributed by atoms with Crippen molar-refractivity contribution < 1.29 is 13.5 Å². The van der Waals surface area contributed by atoms with Crippen LogP contribution in [0.5, 0.6) is 0 Å². The van der Waals surface area contributed by atoms with Gasteiger partial charge in [0.1, 0.15) is 11.6 Å². The van der Waals surface area contributed by atoms with Crippen LogP contribution in [0.3, 0.4) is 0 Å². The van der Waals surface area contributed by atoms with Crippen LogP contribution in [0.1, 0.15) is 19.4 Å². The lowest BCUT2D eigenvalue weighted by molar-refractivity contribution is -0.0119. The zero-order chi connectivity index (χ0) is 14.5. The smallest absolute Gasteiger partial charge is 0.127 e. The first kappa shape index (κ1) is 15.4. The quantitative estimate of drug-likeness (QED) is 0.897. The molecule has 1 aromatic carbocycles. The number of nitrogens with zero attached hydrogens (tertiary/aromatic N) is 1. The Morgan fingerprint density at radius 2 is 2.20 bits per heavy atom. The third-order valence-corrected chi connectivity index (χ3v) is 3.49. The predicted octanol–water partition coefficient (Wildman–Crippen LogP) is 2.16. The maximum absolute atomic E-state index is 13.7. The summed E-state index contributed by atoms with van der Waals surface area (Å²) in [5, 5.41) is 3.37. The maximum atomic E-state index is 13.7. The molecule has 20 heavy (non-hydrogen) atoms. The second-order valence-corrected chi connectivity index (χ2v) is 5.50. The molecule has 0 aliphatic carbocycles. The van der Waals surface area contributed by atoms with E-state index >= 15 is 0 Å². The minimum Gasteiger partial charge on any atom is -0.378 e. The van der Waals surface area contributed by atoms with E-state index in [4.69, 9.17) is 4.74 Å². The molecule has 1 atom stereocenters. The summed E-state index contributed by atoms with van der Waals surface area (Å²) in [7, 11) is 0. The van der Waals surface area contributed by atoms with Crippen molar-refractivity contribution in [1.29, 1.82) is 0 Å². The Kier molecular flexibility index (Phi) is 5.46. The van der Waals surface area contributed by atoms with E-state index in [0.717, 1.165) is 19.2 Å². The number of hydrogen-bond acceptors (Lipinski definition) is 3. The number of benzene rings is 1. The van der Waals surface area contributed by atoms with Crippen molar-refractivity contribution in [1.82, 2.24) is 10.2 Å². The molecule has 1 aromatic rings. The van der Waals surface area contributed by atoms with Crippen molar-refractivity contribution in [2.24, 2.45) is 0 Å². The Morgan fingerprint density at radius 1 is 1.40 bits per heavy atom. The van der Waals surface area contributed by atoms with Crippen LogP contribution in [0.25, 0.3) is 0 Å². The van der Waals surface area contributed by atoms with Crippen molar-refractivity contribution in [3.8, 4) is 0 Å². The highest BCUT2D eigenvalue weighted by atomic mass is 19.1. The molecule has 1 aliphatic rings. The molecular formula is C15H22F2N2O. The average Bonchev–Trinajstić information content (AvgIpc) is 2.42. The van der Waals surface area contributed by atoms with Crippen LogP contribution < -0.4 is 5.32 Å². The molecule has 0 aromatic heterocycles. The standard InChI is InChI=1S/C15H22F2N2O/c1-11(2)18-8-14-10-20-6-5-19(14)9-12-7-13(16)3-4-15(12)17/h3-4,7,11,14,18H,5-6,8-10H2,1-2H3. The average molecular weight is 284 g/mol. The molecule has 1 fully saturated rings. The van der Waals surface area contributed by atoms with Gasteiger partial charge in [-0.15, -0.1) is 0 Å². The fourth-order valence-corrected chi connectivity index (χ4v) is 2.34. The topological polar surface area (TPSA) is 24.5 Å². The van der Waals surface area contributed by atoms with E-state index in [1.54, 1.807) is 0 Å². The van der Waals surface area contributed by atoms with Crippen molar-refractivity contribution >= 4 is 0 Å². The van der Waals surface area contributed by atoms with E-state index in [2.05, 4.69) is 24.1 Å². The number of rotatable bonds is 5. The third-order valence-electron chi connectivity index (χ3n) is 3.49. The van der Waals surface area contributed by atoms with Gasteiger partial charge in [-0.05, 0) is 18.2 Å². The van der Waals surface area contributed by atoms with E-state index in [1.165, 1.54) is 12.1 Å². The van der Waals surface area contributed by atoms with Crippen LogP contribution >= 0.6 is 0 Å². The van der Waals surface area contributed by atoms with Crippen LogP contribution in [0.2, 0.25) is 0 Å². The van der Waals surface area contributed by atoms with Gasteiger partial charge >= 0.3 is 0 Å². The first-order chi connectivity index (χ1) is 9.56. The van der Waals surface area contributed by atoms with Gasteiger partial charge in [-0.3, -0.25) is 4.90 Å². The largest absolute Gasteiger partial charge is 0.378 e. The summed E-state index contributed by atoms with van der Waals surface area (Å²) in [6, 6.07) is 4.19. The fourth-order valence-electron chi connectivity index (χ4n) is 2.34. The maximum Gasteiger partial charge on any atom is 0.127 e. The Hall–Kier alpha value is -1.04. The van der Waals surface area contributed by atoms with Gasteiger partial charge in [-0.1, -0.05) is 13.8 Å². The summed E-state index contributed by atoms with van der Waals surface area (Å²) in [6.45, 7) is 7.36. The van der Waals surface area contributed by atoms with Gasteiger partial charge < -0.3 is 10.1 Å². The fraction of sp³-hybridized carbons (Fsp3) is 0.600. The highest BCUT2D eigenvalue weighted by Crippen LogP contribution is 2.16. The second-order valence-electron chi connectivity index (χ2n) is 5.50. The van der Waals surface area contributed by atoms with Gasteiger partial charge in [-0.2, -0.15) is 0 Å². The molecule has 0 spiro atoms. The number of hydrogen-bond donors (Lipinski definition) is 1. The zero-order valence-corrected chi connectivity index (χ0v) is 12.0. The van der Waals surface area contributed by atoms with Crippen molar-refractivity contribution in [3.63, 3.8) is 0 Å². The van der Waals surface area contributed by atoms with E-state index in [-0.39, 0.29) is 11.9 Å². The van der Waals surface area contributed by atoms with Crippen LogP contribution in [-0.2, 0) is 11.3 Å². The highest BCUT2D eigenvalue weighted by molar-refractivity contribution is 5.18. The van der Waals surface area contributed by atoms with Crippen LogP contribution in [0, 0.1) is 11.6 Å². The molecule has 5 heteroatoms. The predicted molar refractivity (Wildman–Crippen MR) is 74.5 cm³/mol. The number of halogens is 2. The first-order valence-electron chi connectivity index (χ1n) is 7.05. The van der Waals surface area contributed by atoms with Crippen molar-refractivity contribution in [3.05, 3.63) is 35.4 Å². The van der Waals surface area contributed by atoms with E-state index in [1.807, 2.05) is 0 Å². The number of nitrogens with one attached hydrogen (secondary N) is 1. The summed E-state index contributed by atoms with van der Waals surface area (Å²) in [5.74, 6) is -0.750. The Morgan fingerprint density at radius 3 is 2.95 bits per heavy atom. The van der Waals surface area contributed by atoms with Crippen molar-refractivity contribution in [2.75, 3.05) is 26.3 Å². The normalized spacial score (nSPS) is 20.6. The lowest BCUT2D eigenvalue weighted by Crippen LogP contribution is -2.50. The molecule has 112 valence electrons. The molecule has 0 bridgehead atoms. The van der Waals surface area contributed by atoms with Crippen molar-refractivity contribution in [2.45, 2.75) is 32.5 Å². The third kappa shape index (κ3) is 4.23. The Bertz CT molecular complexity index is 440. The summed E-state index contributed by atoms with van der Waals surface area (Å²) in [5.41, 5.74) is 0.404. The van der Waals surface area contributed by atoms with Gasteiger partial charge in [0.15, 0.2) is 0 Å². The molecular weight excluding hydrogens is 262 g/mol. The van der Waals surface area contributed by atoms with Gasteiger partial charge in [0.2, 0.25) is 0 Å². The number of morpholine rings is 1. The first-order valence-corrected chi connectivity index (χ1v) is 7.05. The highest BCUT2D eigenvalue weighted by Gasteiger charge is 2.24. The SMILES string of the molecule is CC(C)NCC1COCCN1Cc1cc(F)ccc1F. The van der Waals surface area contributed by atoms with Crippen LogP contribution in [0.15, 0.2) is 18.2 Å². The molecule has 1 heterocycles. The second kappa shape index (κ2) is 7.11. The summed E-state index contributed by atoms with van der Waals surface area (Å²) in [4.78, 5) is 2.15. The molecule has 1 unspecified atom stereocenters. The Balaban J connectivity index is 2.02. The van der Waals surface area contributed by atoms with Crippen LogP contribution in [-0.4, -0.2) is 43.3 Å². The minimum atomic E-state index is -0.397. The molecule has 0 radical (unpaired) electrons. The Labute approximate surface area is 118 Å². The molecule has 1 aliphatic heterocycles. The molecule has 1 saturated heterocycles.